The number of methoxy groups -OCH3 is 1. The second-order valence-electron chi connectivity index (χ2n) is 3.49. The lowest BCUT2D eigenvalue weighted by molar-refractivity contribution is 0.101. The van der Waals surface area contributed by atoms with Gasteiger partial charge in [0.25, 0.3) is 5.91 Å². The summed E-state index contributed by atoms with van der Waals surface area (Å²) in [6.07, 6.45) is 2.85. The van der Waals surface area contributed by atoms with E-state index in [-0.39, 0.29) is 17.7 Å². The fourth-order valence-electron chi connectivity index (χ4n) is 1.34. The van der Waals surface area contributed by atoms with Crippen LogP contribution in [-0.2, 0) is 4.74 Å². The summed E-state index contributed by atoms with van der Waals surface area (Å²) in [5.74, 6) is 0.130. The van der Waals surface area contributed by atoms with Gasteiger partial charge in [-0.2, -0.15) is 10.1 Å². The van der Waals surface area contributed by atoms with Crippen molar-refractivity contribution in [1.82, 2.24) is 20.2 Å². The lowest BCUT2D eigenvalue weighted by Crippen LogP contribution is -2.16. The van der Waals surface area contributed by atoms with Gasteiger partial charge in [-0.05, 0) is 12.1 Å². The van der Waals surface area contributed by atoms with Gasteiger partial charge in [-0.25, -0.2) is 10.1 Å². The van der Waals surface area contributed by atoms with Crippen molar-refractivity contribution in [3.63, 3.8) is 0 Å². The Bertz CT molecular complexity index is 529. The number of nitrogens with one attached hydrogen (secondary N) is 2. The van der Waals surface area contributed by atoms with Crippen LogP contribution in [0.15, 0.2) is 24.7 Å². The summed E-state index contributed by atoms with van der Waals surface area (Å²) in [5, 5.41) is 8.72. The fourth-order valence-corrected chi connectivity index (χ4v) is 1.34. The third kappa shape index (κ3) is 3.49. The van der Waals surface area contributed by atoms with Crippen LogP contribution in [-0.4, -0.2) is 46.4 Å². The van der Waals surface area contributed by atoms with E-state index in [0.29, 0.717) is 18.8 Å². The van der Waals surface area contributed by atoms with Crippen molar-refractivity contribution in [3.8, 4) is 5.88 Å². The maximum atomic E-state index is 12.0. The molecule has 0 radical (unpaired) electrons. The van der Waals surface area contributed by atoms with Crippen LogP contribution in [0.1, 0.15) is 10.4 Å². The predicted molar refractivity (Wildman–Crippen MR) is 65.9 cm³/mol. The van der Waals surface area contributed by atoms with Gasteiger partial charge in [-0.3, -0.25) is 10.1 Å². The molecule has 19 heavy (non-hydrogen) atoms. The van der Waals surface area contributed by atoms with E-state index in [1.807, 2.05) is 0 Å². The zero-order valence-electron chi connectivity index (χ0n) is 10.3. The van der Waals surface area contributed by atoms with Crippen LogP contribution in [0, 0.1) is 0 Å². The minimum Gasteiger partial charge on any atom is -0.475 e. The molecule has 100 valence electrons. The Balaban J connectivity index is 2.07. The van der Waals surface area contributed by atoms with Crippen LogP contribution in [0.5, 0.6) is 5.88 Å². The van der Waals surface area contributed by atoms with Gasteiger partial charge in [0.2, 0.25) is 11.8 Å². The molecule has 0 aliphatic carbocycles. The number of hydrogen-bond donors (Lipinski definition) is 2. The Hall–Kier alpha value is -2.48. The number of aromatic nitrogens is 4. The van der Waals surface area contributed by atoms with Crippen LogP contribution >= 0.6 is 0 Å². The van der Waals surface area contributed by atoms with Crippen molar-refractivity contribution in [2.24, 2.45) is 0 Å². The number of aromatic amines is 1. The molecule has 2 aromatic heterocycles. The van der Waals surface area contributed by atoms with Crippen molar-refractivity contribution in [2.45, 2.75) is 0 Å². The van der Waals surface area contributed by atoms with Gasteiger partial charge in [0.05, 0.1) is 6.61 Å². The maximum Gasteiger partial charge on any atom is 0.263 e. The highest BCUT2D eigenvalue weighted by molar-refractivity contribution is 6.04. The van der Waals surface area contributed by atoms with Gasteiger partial charge in [0, 0.05) is 13.3 Å². The Kier molecular flexibility index (Phi) is 4.40. The normalized spacial score (nSPS) is 10.2. The zero-order chi connectivity index (χ0) is 13.5. The van der Waals surface area contributed by atoms with E-state index in [0.717, 1.165) is 0 Å². The average Bonchev–Trinajstić information content (AvgIpc) is 2.92. The highest BCUT2D eigenvalue weighted by Crippen LogP contribution is 2.15. The molecule has 8 nitrogen and oxygen atoms in total. The summed E-state index contributed by atoms with van der Waals surface area (Å²) in [6.45, 7) is 0.732. The minimum atomic E-state index is -0.378. The molecule has 2 rings (SSSR count). The third-order valence-electron chi connectivity index (χ3n) is 2.19. The highest BCUT2D eigenvalue weighted by atomic mass is 16.5. The molecule has 2 heterocycles. The Labute approximate surface area is 109 Å². The maximum absolute atomic E-state index is 12.0. The minimum absolute atomic E-state index is 0.247. The Morgan fingerprint density at radius 3 is 3.05 bits per heavy atom. The number of amides is 1. The van der Waals surface area contributed by atoms with Gasteiger partial charge in [0.1, 0.15) is 18.5 Å². The molecule has 0 spiro atoms. The molecular weight excluding hydrogens is 250 g/mol. The second kappa shape index (κ2) is 6.45. The molecule has 0 aromatic carbocycles. The Morgan fingerprint density at radius 2 is 2.32 bits per heavy atom. The lowest BCUT2D eigenvalue weighted by Gasteiger charge is -2.08. The van der Waals surface area contributed by atoms with E-state index < -0.39 is 0 Å². The number of H-pyrrole nitrogens is 1. The van der Waals surface area contributed by atoms with E-state index >= 15 is 0 Å². The number of carbonyl (C=O) groups excluding carboxylic acids is 1. The molecule has 2 N–H and O–H groups in total. The number of pyridine rings is 1. The van der Waals surface area contributed by atoms with Crippen LogP contribution in [0.4, 0.5) is 5.95 Å². The lowest BCUT2D eigenvalue weighted by atomic mass is 10.2. The molecule has 0 atom stereocenters. The standard InChI is InChI=1S/C11H13N5O3/c1-18-5-6-19-10-8(3-2-4-12-10)9(17)15-11-13-7-14-16-11/h2-4,7H,5-6H2,1H3,(H2,13,14,15,16,17). The van der Waals surface area contributed by atoms with E-state index in [2.05, 4.69) is 25.5 Å². The number of rotatable bonds is 6. The van der Waals surface area contributed by atoms with E-state index in [4.69, 9.17) is 9.47 Å². The van der Waals surface area contributed by atoms with E-state index in [9.17, 15) is 4.79 Å². The molecule has 0 saturated carbocycles. The second-order valence-corrected chi connectivity index (χ2v) is 3.49. The number of hydrogen-bond acceptors (Lipinski definition) is 6. The highest BCUT2D eigenvalue weighted by Gasteiger charge is 2.14. The van der Waals surface area contributed by atoms with Crippen molar-refractivity contribution in [3.05, 3.63) is 30.2 Å². The molecule has 2 aromatic rings. The van der Waals surface area contributed by atoms with Crippen molar-refractivity contribution >= 4 is 11.9 Å². The van der Waals surface area contributed by atoms with Crippen molar-refractivity contribution in [1.29, 1.82) is 0 Å². The molecule has 0 bridgehead atoms. The summed E-state index contributed by atoms with van der Waals surface area (Å²) in [4.78, 5) is 19.8. The molecular formula is C11H13N5O3. The van der Waals surface area contributed by atoms with Gasteiger partial charge in [-0.15, -0.1) is 0 Å². The summed E-state index contributed by atoms with van der Waals surface area (Å²) in [7, 11) is 1.57. The predicted octanol–water partition coefficient (Wildman–Crippen LogP) is 0.477. The van der Waals surface area contributed by atoms with E-state index in [1.54, 1.807) is 25.4 Å². The number of anilines is 1. The largest absolute Gasteiger partial charge is 0.475 e. The number of ether oxygens (including phenoxy) is 2. The molecule has 8 heteroatoms. The van der Waals surface area contributed by atoms with Crippen LogP contribution in [0.2, 0.25) is 0 Å². The molecule has 0 unspecified atom stereocenters. The SMILES string of the molecule is COCCOc1ncccc1C(=O)Nc1ncn[nH]1. The first kappa shape index (κ1) is 13.0. The zero-order valence-corrected chi connectivity index (χ0v) is 10.3. The molecule has 0 aliphatic rings. The molecule has 0 aliphatic heterocycles. The molecule has 0 fully saturated rings. The monoisotopic (exact) mass is 263 g/mol. The average molecular weight is 263 g/mol. The topological polar surface area (TPSA) is 102 Å². The van der Waals surface area contributed by atoms with Crippen LogP contribution in [0.25, 0.3) is 0 Å². The Morgan fingerprint density at radius 1 is 1.42 bits per heavy atom. The summed E-state index contributed by atoms with van der Waals surface area (Å²) >= 11 is 0. The molecule has 0 saturated heterocycles. The van der Waals surface area contributed by atoms with Crippen molar-refractivity contribution in [2.75, 3.05) is 25.6 Å². The number of carbonyl (C=O) groups is 1. The third-order valence-corrected chi connectivity index (χ3v) is 2.19. The van der Waals surface area contributed by atoms with Crippen LogP contribution < -0.4 is 10.1 Å². The fraction of sp³-hybridized carbons (Fsp3) is 0.273. The number of nitrogens with zero attached hydrogens (tertiary/aromatic N) is 3. The van der Waals surface area contributed by atoms with Crippen molar-refractivity contribution < 1.29 is 14.3 Å². The summed E-state index contributed by atoms with van der Waals surface area (Å²) < 4.78 is 10.2. The first-order valence-electron chi connectivity index (χ1n) is 5.54. The smallest absolute Gasteiger partial charge is 0.263 e. The first-order chi connectivity index (χ1) is 9.31. The first-order valence-corrected chi connectivity index (χ1v) is 5.54. The van der Waals surface area contributed by atoms with Crippen LogP contribution in [0.3, 0.4) is 0 Å². The quantitative estimate of drug-likeness (QED) is 0.735. The van der Waals surface area contributed by atoms with E-state index in [1.165, 1.54) is 6.33 Å². The summed E-state index contributed by atoms with van der Waals surface area (Å²) in [5.41, 5.74) is 0.315. The van der Waals surface area contributed by atoms with Gasteiger partial charge >= 0.3 is 0 Å². The molecule has 1 amide bonds. The van der Waals surface area contributed by atoms with Gasteiger partial charge < -0.3 is 9.47 Å². The summed E-state index contributed by atoms with van der Waals surface area (Å²) in [6, 6.07) is 3.26. The van der Waals surface area contributed by atoms with Gasteiger partial charge in [0.15, 0.2) is 0 Å². The van der Waals surface area contributed by atoms with Gasteiger partial charge in [-0.1, -0.05) is 0 Å².